The Morgan fingerprint density at radius 2 is 1.17 bits per heavy atom. The van der Waals surface area contributed by atoms with Crippen LogP contribution in [0.25, 0.3) is 0 Å². The summed E-state index contributed by atoms with van der Waals surface area (Å²) < 4.78 is 10.1. The lowest BCUT2D eigenvalue weighted by molar-refractivity contribution is 0.0475. The molecule has 0 aromatic carbocycles. The first-order valence-electron chi connectivity index (χ1n) is 8.28. The lowest BCUT2D eigenvalue weighted by atomic mass is 10.3. The molecule has 1 aromatic heterocycles. The second-order valence-corrected chi connectivity index (χ2v) is 5.38. The second-order valence-electron chi connectivity index (χ2n) is 5.38. The Labute approximate surface area is 141 Å². The van der Waals surface area contributed by atoms with E-state index in [4.69, 9.17) is 20.9 Å². The Morgan fingerprint density at radius 1 is 0.792 bits per heavy atom. The molecule has 1 rings (SSSR count). The van der Waals surface area contributed by atoms with Crippen LogP contribution in [0, 0.1) is 0 Å². The third-order valence-electron chi connectivity index (χ3n) is 3.30. The predicted molar refractivity (Wildman–Crippen MR) is 90.5 cm³/mol. The highest BCUT2D eigenvalue weighted by Crippen LogP contribution is 2.15. The van der Waals surface area contributed by atoms with Crippen LogP contribution < -0.4 is 11.5 Å². The van der Waals surface area contributed by atoms with Crippen molar-refractivity contribution < 1.29 is 19.1 Å². The highest BCUT2D eigenvalue weighted by molar-refractivity contribution is 5.96. The number of rotatable bonds is 10. The molecule has 0 aliphatic rings. The van der Waals surface area contributed by atoms with Crippen LogP contribution in [0.2, 0.25) is 0 Å². The molecule has 0 spiro atoms. The normalized spacial score (nSPS) is 10.4. The molecule has 0 unspecified atom stereocenters. The van der Waals surface area contributed by atoms with Gasteiger partial charge >= 0.3 is 11.9 Å². The summed E-state index contributed by atoms with van der Waals surface area (Å²) in [7, 11) is 0. The molecule has 8 nitrogen and oxygen atoms in total. The number of unbranched alkanes of at least 4 members (excludes halogenated alkanes) is 4. The van der Waals surface area contributed by atoms with E-state index in [1.807, 2.05) is 13.8 Å². The van der Waals surface area contributed by atoms with E-state index < -0.39 is 11.9 Å². The largest absolute Gasteiger partial charge is 0.461 e. The quantitative estimate of drug-likeness (QED) is 0.491. The van der Waals surface area contributed by atoms with Crippen LogP contribution in [0.5, 0.6) is 0 Å². The van der Waals surface area contributed by atoms with Gasteiger partial charge in [0.25, 0.3) is 0 Å². The first-order valence-corrected chi connectivity index (χ1v) is 8.28. The zero-order chi connectivity index (χ0) is 17.9. The summed E-state index contributed by atoms with van der Waals surface area (Å²) in [5.41, 5.74) is 11.0. The predicted octanol–water partition coefficient (Wildman–Crippen LogP) is 2.34. The average Bonchev–Trinajstić information content (AvgIpc) is 2.57. The Morgan fingerprint density at radius 3 is 1.50 bits per heavy atom. The number of aromatic nitrogens is 2. The first-order chi connectivity index (χ1) is 11.5. The van der Waals surface area contributed by atoms with Gasteiger partial charge in [0.05, 0.1) is 13.2 Å². The number of nitrogens with two attached hydrogens (primary N) is 2. The maximum atomic E-state index is 11.9. The van der Waals surface area contributed by atoms with E-state index in [0.717, 1.165) is 38.5 Å². The molecule has 0 aliphatic heterocycles. The van der Waals surface area contributed by atoms with Gasteiger partial charge in [-0.25, -0.2) is 19.6 Å². The van der Waals surface area contributed by atoms with Gasteiger partial charge < -0.3 is 20.9 Å². The maximum absolute atomic E-state index is 11.9. The number of anilines is 2. The lowest BCUT2D eigenvalue weighted by Gasteiger charge is -2.09. The van der Waals surface area contributed by atoms with E-state index >= 15 is 0 Å². The van der Waals surface area contributed by atoms with Gasteiger partial charge in [-0.1, -0.05) is 39.5 Å². The van der Waals surface area contributed by atoms with E-state index in [0.29, 0.717) is 0 Å². The van der Waals surface area contributed by atoms with Crippen molar-refractivity contribution in [1.82, 2.24) is 9.97 Å². The highest BCUT2D eigenvalue weighted by Gasteiger charge is 2.22. The summed E-state index contributed by atoms with van der Waals surface area (Å²) in [4.78, 5) is 31.6. The fourth-order valence-corrected chi connectivity index (χ4v) is 1.93. The summed E-state index contributed by atoms with van der Waals surface area (Å²) in [6, 6.07) is 0. The van der Waals surface area contributed by atoms with Crippen LogP contribution >= 0.6 is 0 Å². The van der Waals surface area contributed by atoms with Crippen LogP contribution in [0.3, 0.4) is 0 Å². The molecule has 0 fully saturated rings. The van der Waals surface area contributed by atoms with Crippen molar-refractivity contribution in [3.8, 4) is 0 Å². The molecule has 0 aliphatic carbocycles. The molecule has 8 heteroatoms. The van der Waals surface area contributed by atoms with Crippen LogP contribution in [0.1, 0.15) is 73.3 Å². The second kappa shape index (κ2) is 10.4. The number of hydrogen-bond donors (Lipinski definition) is 2. The molecule has 0 saturated carbocycles. The number of carbonyl (C=O) groups is 2. The van der Waals surface area contributed by atoms with Crippen molar-refractivity contribution in [2.24, 2.45) is 0 Å². The van der Waals surface area contributed by atoms with Crippen molar-refractivity contribution in [1.29, 1.82) is 0 Å². The number of ether oxygens (including phenoxy) is 2. The summed E-state index contributed by atoms with van der Waals surface area (Å²) in [5, 5.41) is 0. The van der Waals surface area contributed by atoms with Crippen molar-refractivity contribution in [3.63, 3.8) is 0 Å². The number of nitrogens with zero attached hydrogens (tertiary/aromatic N) is 2. The summed E-state index contributed by atoms with van der Waals surface area (Å²) in [6.45, 7) is 4.64. The van der Waals surface area contributed by atoms with Gasteiger partial charge in [-0.05, 0) is 12.8 Å². The Kier molecular flexibility index (Phi) is 8.53. The standard InChI is InChI=1S/C16H26N4O4/c1-3-5-7-9-23-15(21)11-13(17)20-12(14(18)19-11)16(22)24-10-8-6-4-2/h3-10H2,1-2H3,(H2,18,19)(H2,17,20). The SMILES string of the molecule is CCCCCOC(=O)c1nc(N)c(C(=O)OCCCCC)nc1N. The Hall–Kier alpha value is -2.38. The molecule has 4 N–H and O–H groups in total. The van der Waals surface area contributed by atoms with Crippen LogP contribution in [-0.4, -0.2) is 35.1 Å². The van der Waals surface area contributed by atoms with E-state index in [2.05, 4.69) is 9.97 Å². The number of hydrogen-bond acceptors (Lipinski definition) is 8. The van der Waals surface area contributed by atoms with Gasteiger partial charge in [0, 0.05) is 0 Å². The zero-order valence-electron chi connectivity index (χ0n) is 14.3. The van der Waals surface area contributed by atoms with Gasteiger partial charge in [-0.3, -0.25) is 0 Å². The molecular weight excluding hydrogens is 312 g/mol. The molecule has 1 heterocycles. The zero-order valence-corrected chi connectivity index (χ0v) is 14.3. The van der Waals surface area contributed by atoms with Crippen molar-refractivity contribution in [2.45, 2.75) is 52.4 Å². The Balaban J connectivity index is 2.70. The Bertz CT molecular complexity index is 514. The molecular formula is C16H26N4O4. The van der Waals surface area contributed by atoms with E-state index in [9.17, 15) is 9.59 Å². The van der Waals surface area contributed by atoms with Gasteiger partial charge in [-0.2, -0.15) is 0 Å². The van der Waals surface area contributed by atoms with Crippen LogP contribution in [0.4, 0.5) is 11.6 Å². The monoisotopic (exact) mass is 338 g/mol. The van der Waals surface area contributed by atoms with E-state index in [1.165, 1.54) is 0 Å². The molecule has 0 radical (unpaired) electrons. The van der Waals surface area contributed by atoms with Gasteiger partial charge in [0.2, 0.25) is 0 Å². The maximum Gasteiger partial charge on any atom is 0.360 e. The fourth-order valence-electron chi connectivity index (χ4n) is 1.93. The third-order valence-corrected chi connectivity index (χ3v) is 3.30. The smallest absolute Gasteiger partial charge is 0.360 e. The lowest BCUT2D eigenvalue weighted by Crippen LogP contribution is -2.19. The number of carbonyl (C=O) groups excluding carboxylic acids is 2. The van der Waals surface area contributed by atoms with Gasteiger partial charge in [0.15, 0.2) is 23.0 Å². The minimum atomic E-state index is -0.703. The first kappa shape index (κ1) is 19.7. The molecule has 0 bridgehead atoms. The van der Waals surface area contributed by atoms with E-state index in [-0.39, 0.29) is 36.2 Å². The molecule has 24 heavy (non-hydrogen) atoms. The van der Waals surface area contributed by atoms with Crippen molar-refractivity contribution in [3.05, 3.63) is 11.4 Å². The summed E-state index contributed by atoms with van der Waals surface area (Å²) in [5.74, 6) is -1.81. The van der Waals surface area contributed by atoms with Crippen LogP contribution in [0.15, 0.2) is 0 Å². The van der Waals surface area contributed by atoms with Crippen molar-refractivity contribution >= 4 is 23.6 Å². The average molecular weight is 338 g/mol. The molecule has 134 valence electrons. The third kappa shape index (κ3) is 6.02. The van der Waals surface area contributed by atoms with Gasteiger partial charge in [-0.15, -0.1) is 0 Å². The molecule has 1 aromatic rings. The minimum Gasteiger partial charge on any atom is -0.461 e. The highest BCUT2D eigenvalue weighted by atomic mass is 16.5. The molecule has 0 atom stereocenters. The fraction of sp³-hybridized carbons (Fsp3) is 0.625. The summed E-state index contributed by atoms with van der Waals surface area (Å²) >= 11 is 0. The van der Waals surface area contributed by atoms with Crippen LogP contribution in [-0.2, 0) is 9.47 Å². The topological polar surface area (TPSA) is 130 Å². The molecule has 0 amide bonds. The van der Waals surface area contributed by atoms with E-state index in [1.54, 1.807) is 0 Å². The summed E-state index contributed by atoms with van der Waals surface area (Å²) in [6.07, 6.45) is 5.46. The van der Waals surface area contributed by atoms with Gasteiger partial charge in [0.1, 0.15) is 0 Å². The van der Waals surface area contributed by atoms with Crippen molar-refractivity contribution in [2.75, 3.05) is 24.7 Å². The number of esters is 2. The molecule has 0 saturated heterocycles. The minimum absolute atomic E-state index is 0.188. The number of nitrogen functional groups attached to an aromatic ring is 2.